The molecular weight excluding hydrogens is 274 g/mol. The second kappa shape index (κ2) is 4.37. The molecule has 80 valence electrons. The van der Waals surface area contributed by atoms with E-state index in [9.17, 15) is 0 Å². The molecule has 0 aliphatic heterocycles. The van der Waals surface area contributed by atoms with Crippen LogP contribution < -0.4 is 5.32 Å². The van der Waals surface area contributed by atoms with Crippen LogP contribution in [0, 0.1) is 6.92 Å². The lowest BCUT2D eigenvalue weighted by atomic mass is 10.4. The number of anilines is 1. The summed E-state index contributed by atoms with van der Waals surface area (Å²) in [5.74, 6) is 0. The number of thiophene rings is 1. The van der Waals surface area contributed by atoms with Crippen molar-refractivity contribution in [1.82, 2.24) is 9.78 Å². The molecule has 15 heavy (non-hydrogen) atoms. The highest BCUT2D eigenvalue weighted by Crippen LogP contribution is 2.21. The van der Waals surface area contributed by atoms with E-state index in [2.05, 4.69) is 37.8 Å². The molecule has 0 amide bonds. The lowest BCUT2D eigenvalue weighted by molar-refractivity contribution is 0.756. The van der Waals surface area contributed by atoms with Gasteiger partial charge >= 0.3 is 0 Å². The van der Waals surface area contributed by atoms with Crippen LogP contribution in [-0.2, 0) is 13.6 Å². The van der Waals surface area contributed by atoms with E-state index in [1.165, 1.54) is 4.88 Å². The average molecular weight is 286 g/mol. The molecule has 0 aliphatic rings. The number of nitrogens with one attached hydrogen (secondary N) is 1. The molecule has 0 saturated heterocycles. The summed E-state index contributed by atoms with van der Waals surface area (Å²) >= 11 is 5.19. The van der Waals surface area contributed by atoms with Gasteiger partial charge in [0.1, 0.15) is 0 Å². The molecule has 0 bridgehead atoms. The predicted octanol–water partition coefficient (Wildman–Crippen LogP) is 3.16. The third kappa shape index (κ3) is 2.60. The Labute approximate surface area is 101 Å². The second-order valence-corrected chi connectivity index (χ2v) is 5.30. The maximum Gasteiger partial charge on any atom is 0.0825 e. The summed E-state index contributed by atoms with van der Waals surface area (Å²) in [6, 6.07) is 2.13. The van der Waals surface area contributed by atoms with E-state index in [-0.39, 0.29) is 0 Å². The molecule has 0 aliphatic carbocycles. The number of aryl methyl sites for hydroxylation is 2. The fourth-order valence-electron chi connectivity index (χ4n) is 1.40. The Bertz CT molecular complexity index is 461. The van der Waals surface area contributed by atoms with Gasteiger partial charge in [-0.3, -0.25) is 4.68 Å². The second-order valence-electron chi connectivity index (χ2n) is 3.39. The van der Waals surface area contributed by atoms with E-state index in [1.54, 1.807) is 11.3 Å². The van der Waals surface area contributed by atoms with E-state index < -0.39 is 0 Å². The Morgan fingerprint density at radius 2 is 2.40 bits per heavy atom. The zero-order valence-corrected chi connectivity index (χ0v) is 11.0. The fraction of sp³-hybridized carbons (Fsp3) is 0.300. The SMILES string of the molecule is Cc1nn(C)cc1NCc1cc(Br)cs1. The quantitative estimate of drug-likeness (QED) is 0.939. The van der Waals surface area contributed by atoms with Crippen LogP contribution in [-0.4, -0.2) is 9.78 Å². The Kier molecular flexibility index (Phi) is 3.11. The molecule has 1 N–H and O–H groups in total. The van der Waals surface area contributed by atoms with Gasteiger partial charge in [0, 0.05) is 34.5 Å². The highest BCUT2D eigenvalue weighted by atomic mass is 79.9. The molecule has 0 spiro atoms. The molecule has 2 rings (SSSR count). The van der Waals surface area contributed by atoms with Crippen molar-refractivity contribution in [2.75, 3.05) is 5.32 Å². The minimum absolute atomic E-state index is 0.850. The Morgan fingerprint density at radius 1 is 1.60 bits per heavy atom. The van der Waals surface area contributed by atoms with E-state index in [1.807, 2.05) is 24.9 Å². The van der Waals surface area contributed by atoms with Crippen molar-refractivity contribution in [3.63, 3.8) is 0 Å². The number of nitrogens with zero attached hydrogens (tertiary/aromatic N) is 2. The normalized spacial score (nSPS) is 10.6. The zero-order valence-electron chi connectivity index (χ0n) is 8.62. The summed E-state index contributed by atoms with van der Waals surface area (Å²) in [4.78, 5) is 1.31. The molecule has 0 fully saturated rings. The standard InChI is InChI=1S/C10H12BrN3S/c1-7-10(5-14(2)13-7)12-4-9-3-8(11)6-15-9/h3,5-6,12H,4H2,1-2H3. The van der Waals surface area contributed by atoms with Crippen molar-refractivity contribution in [3.05, 3.63) is 32.7 Å². The van der Waals surface area contributed by atoms with Crippen molar-refractivity contribution in [2.45, 2.75) is 13.5 Å². The first-order valence-corrected chi connectivity index (χ1v) is 6.29. The predicted molar refractivity (Wildman–Crippen MR) is 67.3 cm³/mol. The summed E-state index contributed by atoms with van der Waals surface area (Å²) in [6.07, 6.45) is 2.00. The maximum absolute atomic E-state index is 4.28. The van der Waals surface area contributed by atoms with Crippen molar-refractivity contribution in [1.29, 1.82) is 0 Å². The zero-order chi connectivity index (χ0) is 10.8. The summed E-state index contributed by atoms with van der Waals surface area (Å²) < 4.78 is 2.97. The van der Waals surface area contributed by atoms with Crippen LogP contribution in [0.5, 0.6) is 0 Å². The summed E-state index contributed by atoms with van der Waals surface area (Å²) in [7, 11) is 1.93. The van der Waals surface area contributed by atoms with Gasteiger partial charge in [0.2, 0.25) is 0 Å². The summed E-state index contributed by atoms with van der Waals surface area (Å²) in [5.41, 5.74) is 2.13. The highest BCUT2D eigenvalue weighted by molar-refractivity contribution is 9.10. The average Bonchev–Trinajstić information content (AvgIpc) is 2.70. The first kappa shape index (κ1) is 10.7. The van der Waals surface area contributed by atoms with Gasteiger partial charge < -0.3 is 5.32 Å². The van der Waals surface area contributed by atoms with Crippen molar-refractivity contribution in [2.24, 2.45) is 7.05 Å². The lowest BCUT2D eigenvalue weighted by Gasteiger charge is -2.01. The Hall–Kier alpha value is -0.810. The smallest absolute Gasteiger partial charge is 0.0825 e. The number of aromatic nitrogens is 2. The molecule has 0 saturated carbocycles. The molecular formula is C10H12BrN3S. The summed E-state index contributed by atoms with van der Waals surface area (Å²) in [6.45, 7) is 2.86. The first-order chi connectivity index (χ1) is 7.15. The van der Waals surface area contributed by atoms with E-state index in [0.717, 1.165) is 22.4 Å². The lowest BCUT2D eigenvalue weighted by Crippen LogP contribution is -1.97. The largest absolute Gasteiger partial charge is 0.377 e. The third-order valence-corrected chi connectivity index (χ3v) is 3.79. The van der Waals surface area contributed by atoms with Gasteiger partial charge in [-0.2, -0.15) is 5.10 Å². The number of hydrogen-bond donors (Lipinski definition) is 1. The van der Waals surface area contributed by atoms with Crippen LogP contribution in [0.4, 0.5) is 5.69 Å². The van der Waals surface area contributed by atoms with Gasteiger partial charge in [0.15, 0.2) is 0 Å². The first-order valence-electron chi connectivity index (χ1n) is 4.62. The monoisotopic (exact) mass is 285 g/mol. The molecule has 2 heterocycles. The molecule has 2 aromatic rings. The van der Waals surface area contributed by atoms with E-state index in [0.29, 0.717) is 0 Å². The topological polar surface area (TPSA) is 29.9 Å². The van der Waals surface area contributed by atoms with Crippen molar-refractivity contribution in [3.8, 4) is 0 Å². The fourth-order valence-corrected chi connectivity index (χ4v) is 2.79. The van der Waals surface area contributed by atoms with Crippen LogP contribution in [0.2, 0.25) is 0 Å². The van der Waals surface area contributed by atoms with Gasteiger partial charge in [-0.1, -0.05) is 0 Å². The number of hydrogen-bond acceptors (Lipinski definition) is 3. The third-order valence-electron chi connectivity index (χ3n) is 2.09. The molecule has 3 nitrogen and oxygen atoms in total. The van der Waals surface area contributed by atoms with Crippen LogP contribution >= 0.6 is 27.3 Å². The van der Waals surface area contributed by atoms with Gasteiger partial charge in [0.25, 0.3) is 0 Å². The Morgan fingerprint density at radius 3 is 2.93 bits per heavy atom. The summed E-state index contributed by atoms with van der Waals surface area (Å²) in [5, 5.41) is 9.74. The van der Waals surface area contributed by atoms with E-state index >= 15 is 0 Å². The van der Waals surface area contributed by atoms with Gasteiger partial charge in [-0.15, -0.1) is 11.3 Å². The van der Waals surface area contributed by atoms with Crippen LogP contribution in [0.15, 0.2) is 22.1 Å². The minimum Gasteiger partial charge on any atom is -0.377 e. The van der Waals surface area contributed by atoms with Gasteiger partial charge in [-0.05, 0) is 28.9 Å². The molecule has 5 heteroatoms. The molecule has 0 unspecified atom stereocenters. The highest BCUT2D eigenvalue weighted by Gasteiger charge is 2.03. The molecule has 0 radical (unpaired) electrons. The van der Waals surface area contributed by atoms with Crippen molar-refractivity contribution < 1.29 is 0 Å². The maximum atomic E-state index is 4.28. The molecule has 2 aromatic heterocycles. The van der Waals surface area contributed by atoms with E-state index in [4.69, 9.17) is 0 Å². The minimum atomic E-state index is 0.850. The van der Waals surface area contributed by atoms with Crippen LogP contribution in [0.1, 0.15) is 10.6 Å². The molecule has 0 aromatic carbocycles. The molecule has 0 atom stereocenters. The van der Waals surface area contributed by atoms with Gasteiger partial charge in [0.05, 0.1) is 11.4 Å². The number of rotatable bonds is 3. The van der Waals surface area contributed by atoms with Gasteiger partial charge in [-0.25, -0.2) is 0 Å². The Balaban J connectivity index is 2.01. The number of halogens is 1. The van der Waals surface area contributed by atoms with Crippen LogP contribution in [0.3, 0.4) is 0 Å². The van der Waals surface area contributed by atoms with Crippen LogP contribution in [0.25, 0.3) is 0 Å². The van der Waals surface area contributed by atoms with Crippen molar-refractivity contribution >= 4 is 33.0 Å².